The molecule has 0 heterocycles. The van der Waals surface area contributed by atoms with Crippen LogP contribution in [-0.2, 0) is 9.47 Å². The quantitative estimate of drug-likeness (QED) is 0.0484. The topological polar surface area (TPSA) is 73.7 Å². The monoisotopic (exact) mass is 720 g/mol. The van der Waals surface area contributed by atoms with Crippen LogP contribution in [0.4, 0.5) is 0 Å². The summed E-state index contributed by atoms with van der Waals surface area (Å²) in [5.74, 6) is 0. The van der Waals surface area contributed by atoms with E-state index in [1.165, 1.54) is 180 Å². The maximum atomic E-state index is 6.49. The highest BCUT2D eigenvalue weighted by molar-refractivity contribution is 4.82. The highest BCUT2D eigenvalue weighted by Gasteiger charge is 2.11. The Morgan fingerprint density at radius 3 is 1.16 bits per heavy atom. The van der Waals surface area contributed by atoms with E-state index in [-0.39, 0.29) is 6.04 Å². The third kappa shape index (κ3) is 43.6. The first-order valence-corrected chi connectivity index (χ1v) is 22.9. The van der Waals surface area contributed by atoms with Gasteiger partial charge in [-0.3, -0.25) is 4.90 Å². The summed E-state index contributed by atoms with van der Waals surface area (Å²) < 4.78 is 12.1. The third-order valence-electron chi connectivity index (χ3n) is 10.2. The van der Waals surface area contributed by atoms with Crippen LogP contribution in [0.3, 0.4) is 0 Å². The van der Waals surface area contributed by atoms with Crippen LogP contribution in [0.15, 0.2) is 24.3 Å². The summed E-state index contributed by atoms with van der Waals surface area (Å²) in [6.45, 7) is 11.5. The van der Waals surface area contributed by atoms with E-state index < -0.39 is 0 Å². The van der Waals surface area contributed by atoms with Crippen LogP contribution in [0.25, 0.3) is 0 Å². The number of hydrogen-bond acceptors (Lipinski definition) is 5. The van der Waals surface area contributed by atoms with Gasteiger partial charge in [-0.25, -0.2) is 0 Å². The van der Waals surface area contributed by atoms with Crippen molar-refractivity contribution in [2.24, 2.45) is 11.5 Å². The van der Waals surface area contributed by atoms with Crippen molar-refractivity contribution >= 4 is 0 Å². The number of nitrogens with zero attached hydrogens (tertiary/aromatic N) is 1. The molecule has 0 aliphatic carbocycles. The van der Waals surface area contributed by atoms with Gasteiger partial charge in [0.05, 0.1) is 13.2 Å². The van der Waals surface area contributed by atoms with Gasteiger partial charge >= 0.3 is 0 Å². The first-order valence-electron chi connectivity index (χ1n) is 22.9. The summed E-state index contributed by atoms with van der Waals surface area (Å²) in [6, 6.07) is 0.197. The Bertz CT molecular complexity index is 637. The zero-order valence-corrected chi connectivity index (χ0v) is 34.9. The Balaban J connectivity index is 3.79. The van der Waals surface area contributed by atoms with Gasteiger partial charge in [0.15, 0.2) is 0 Å². The molecule has 304 valence electrons. The van der Waals surface area contributed by atoms with E-state index in [9.17, 15) is 0 Å². The molecule has 5 heteroatoms. The summed E-state index contributed by atoms with van der Waals surface area (Å²) in [4.78, 5) is 2.46. The molecule has 51 heavy (non-hydrogen) atoms. The van der Waals surface area contributed by atoms with Crippen LogP contribution in [0, 0.1) is 0 Å². The fourth-order valence-corrected chi connectivity index (χ4v) is 6.76. The predicted octanol–water partition coefficient (Wildman–Crippen LogP) is 12.9. The van der Waals surface area contributed by atoms with Crippen LogP contribution >= 0.6 is 0 Å². The van der Waals surface area contributed by atoms with Crippen LogP contribution < -0.4 is 11.5 Å². The SMILES string of the molecule is CCCCCCCC/C=C\CCCCCCCCOCCN(CCOCCCCCCCC/C=C\CCCCCCCC)C[C@@H](N)CCCCN. The van der Waals surface area contributed by atoms with E-state index in [1.807, 2.05) is 0 Å². The van der Waals surface area contributed by atoms with Crippen molar-refractivity contribution in [3.8, 4) is 0 Å². The Hall–Kier alpha value is -0.720. The second-order valence-electron chi connectivity index (χ2n) is 15.4. The van der Waals surface area contributed by atoms with Gasteiger partial charge in [-0.1, -0.05) is 160 Å². The van der Waals surface area contributed by atoms with Crippen LogP contribution in [-0.4, -0.2) is 63.5 Å². The van der Waals surface area contributed by atoms with Crippen molar-refractivity contribution in [3.63, 3.8) is 0 Å². The van der Waals surface area contributed by atoms with Crippen LogP contribution in [0.2, 0.25) is 0 Å². The van der Waals surface area contributed by atoms with Gasteiger partial charge in [0.2, 0.25) is 0 Å². The number of allylic oxidation sites excluding steroid dienone is 4. The molecule has 5 nitrogen and oxygen atoms in total. The highest BCUT2D eigenvalue weighted by Crippen LogP contribution is 2.12. The van der Waals surface area contributed by atoms with Gasteiger partial charge in [-0.15, -0.1) is 0 Å². The van der Waals surface area contributed by atoms with Gasteiger partial charge in [0.1, 0.15) is 0 Å². The van der Waals surface area contributed by atoms with Gasteiger partial charge in [0, 0.05) is 38.9 Å². The van der Waals surface area contributed by atoms with Crippen LogP contribution in [0.1, 0.15) is 213 Å². The van der Waals surface area contributed by atoms with Crippen molar-refractivity contribution in [3.05, 3.63) is 24.3 Å². The Labute approximate surface area is 320 Å². The molecule has 0 aliphatic heterocycles. The second kappa shape index (κ2) is 45.4. The third-order valence-corrected chi connectivity index (χ3v) is 10.2. The van der Waals surface area contributed by atoms with Crippen molar-refractivity contribution in [2.45, 2.75) is 219 Å². The van der Waals surface area contributed by atoms with Gasteiger partial charge in [-0.05, 0) is 83.6 Å². The minimum Gasteiger partial charge on any atom is -0.380 e. The minimum absolute atomic E-state index is 0.197. The highest BCUT2D eigenvalue weighted by atomic mass is 16.5. The Morgan fingerprint density at radius 2 is 0.784 bits per heavy atom. The van der Waals surface area contributed by atoms with Gasteiger partial charge in [0.25, 0.3) is 0 Å². The molecule has 1 atom stereocenters. The molecule has 0 saturated heterocycles. The molecule has 4 N–H and O–H groups in total. The summed E-state index contributed by atoms with van der Waals surface area (Å²) in [5, 5.41) is 0. The maximum absolute atomic E-state index is 6.49. The number of rotatable bonds is 44. The summed E-state index contributed by atoms with van der Waals surface area (Å²) in [6.07, 6.45) is 50.4. The number of ether oxygens (including phenoxy) is 2. The fraction of sp³-hybridized carbons (Fsp3) is 0.913. The number of unbranched alkanes of at least 4 members (excludes halogenated alkanes) is 25. The minimum atomic E-state index is 0.197. The molecule has 0 rings (SSSR count). The number of nitrogens with two attached hydrogens (primary N) is 2. The lowest BCUT2D eigenvalue weighted by Gasteiger charge is -2.25. The average Bonchev–Trinajstić information content (AvgIpc) is 3.13. The van der Waals surface area contributed by atoms with Crippen molar-refractivity contribution in [1.29, 1.82) is 0 Å². The first-order chi connectivity index (χ1) is 25.2. The summed E-state index contributed by atoms with van der Waals surface area (Å²) in [7, 11) is 0. The molecule has 0 aromatic heterocycles. The summed E-state index contributed by atoms with van der Waals surface area (Å²) >= 11 is 0. The van der Waals surface area contributed by atoms with E-state index in [2.05, 4.69) is 43.1 Å². The zero-order valence-electron chi connectivity index (χ0n) is 34.9. The fourth-order valence-electron chi connectivity index (χ4n) is 6.76. The standard InChI is InChI=1S/C46H93N3O2/c1-3-5-7-9-11-13-15-17-19-21-23-25-27-29-31-35-41-50-43-39-49(45-46(48)37-33-34-38-47)40-44-51-42-36-32-30-28-26-24-22-20-18-16-14-12-10-8-6-4-2/h17-20,46H,3-16,21-45,47-48H2,1-2H3/b19-17-,20-18-/t46-/m0/s1. The Morgan fingerprint density at radius 1 is 0.431 bits per heavy atom. The van der Waals surface area contributed by atoms with Crippen molar-refractivity contribution in [2.75, 3.05) is 52.6 Å². The molecular formula is C46H93N3O2. The lowest BCUT2D eigenvalue weighted by Crippen LogP contribution is -2.41. The molecule has 0 saturated carbocycles. The molecule has 0 spiro atoms. The van der Waals surface area contributed by atoms with E-state index >= 15 is 0 Å². The predicted molar refractivity (Wildman–Crippen MR) is 228 cm³/mol. The molecule has 0 amide bonds. The van der Waals surface area contributed by atoms with E-state index in [0.29, 0.717) is 0 Å². The Kier molecular flexibility index (Phi) is 44.8. The smallest absolute Gasteiger partial charge is 0.0593 e. The second-order valence-corrected chi connectivity index (χ2v) is 15.4. The van der Waals surface area contributed by atoms with Crippen LogP contribution in [0.5, 0.6) is 0 Å². The number of hydrogen-bond donors (Lipinski definition) is 2. The molecule has 0 unspecified atom stereocenters. The summed E-state index contributed by atoms with van der Waals surface area (Å²) in [5.41, 5.74) is 12.2. The molecule has 0 aromatic carbocycles. The largest absolute Gasteiger partial charge is 0.380 e. The molecule has 0 radical (unpaired) electrons. The maximum Gasteiger partial charge on any atom is 0.0593 e. The molecule has 0 aromatic rings. The molecule has 0 bridgehead atoms. The molecular weight excluding hydrogens is 627 g/mol. The molecule has 0 aliphatic rings. The van der Waals surface area contributed by atoms with Crippen molar-refractivity contribution < 1.29 is 9.47 Å². The lowest BCUT2D eigenvalue weighted by atomic mass is 10.1. The average molecular weight is 720 g/mol. The molecule has 0 fully saturated rings. The van der Waals surface area contributed by atoms with Gasteiger partial charge < -0.3 is 20.9 Å². The van der Waals surface area contributed by atoms with E-state index in [4.69, 9.17) is 20.9 Å². The normalized spacial score (nSPS) is 12.7. The van der Waals surface area contributed by atoms with E-state index in [0.717, 1.165) is 71.9 Å². The van der Waals surface area contributed by atoms with Gasteiger partial charge in [-0.2, -0.15) is 0 Å². The zero-order chi connectivity index (χ0) is 37.0. The van der Waals surface area contributed by atoms with E-state index in [1.54, 1.807) is 0 Å². The first kappa shape index (κ1) is 50.3. The lowest BCUT2D eigenvalue weighted by molar-refractivity contribution is 0.0693. The van der Waals surface area contributed by atoms with Crippen molar-refractivity contribution in [1.82, 2.24) is 4.90 Å².